The van der Waals surface area contributed by atoms with Crippen LogP contribution in [0, 0.1) is 0 Å². The molecule has 0 spiro atoms. The van der Waals surface area contributed by atoms with Crippen molar-refractivity contribution >= 4 is 0 Å². The second-order valence-corrected chi connectivity index (χ2v) is 4.58. The van der Waals surface area contributed by atoms with Crippen LogP contribution in [0.3, 0.4) is 0 Å². The molecule has 0 aliphatic carbocycles. The Morgan fingerprint density at radius 1 is 1.44 bits per heavy atom. The van der Waals surface area contributed by atoms with Crippen molar-refractivity contribution in [2.45, 2.75) is 44.8 Å². The lowest BCUT2D eigenvalue weighted by Gasteiger charge is -2.40. The molecule has 0 aromatic carbocycles. The molecule has 16 heavy (non-hydrogen) atoms. The summed E-state index contributed by atoms with van der Waals surface area (Å²) >= 11 is 0. The maximum atomic E-state index is 12.6. The number of fused-ring (bicyclic) bond motifs is 1. The van der Waals surface area contributed by atoms with Crippen molar-refractivity contribution in [3.63, 3.8) is 0 Å². The summed E-state index contributed by atoms with van der Waals surface area (Å²) in [5, 5.41) is 0. The highest BCUT2D eigenvalue weighted by Gasteiger charge is 2.35. The summed E-state index contributed by atoms with van der Waals surface area (Å²) in [6.07, 6.45) is 2.41. The van der Waals surface area contributed by atoms with Crippen molar-refractivity contribution in [1.29, 1.82) is 0 Å². The van der Waals surface area contributed by atoms with E-state index in [-0.39, 0.29) is 0 Å². The lowest BCUT2D eigenvalue weighted by molar-refractivity contribution is -0.0398. The molecule has 1 saturated heterocycles. The van der Waals surface area contributed by atoms with Crippen LogP contribution in [0.25, 0.3) is 0 Å². The highest BCUT2D eigenvalue weighted by Crippen LogP contribution is 2.26. The number of halogens is 2. The third kappa shape index (κ3) is 1.54. The molecule has 0 radical (unpaired) electrons. The maximum absolute atomic E-state index is 12.6. The van der Waals surface area contributed by atoms with Crippen LogP contribution >= 0.6 is 0 Å². The van der Waals surface area contributed by atoms with Crippen LogP contribution in [-0.2, 0) is 19.5 Å². The number of likely N-dealkylation sites (tertiary alicyclic amines) is 1. The number of alkyl halides is 2. The van der Waals surface area contributed by atoms with E-state index in [1.54, 1.807) is 0 Å². The summed E-state index contributed by atoms with van der Waals surface area (Å²) in [5.41, 5.74) is 1.10. The van der Waals surface area contributed by atoms with Crippen molar-refractivity contribution in [2.75, 3.05) is 6.54 Å². The van der Waals surface area contributed by atoms with E-state index in [4.69, 9.17) is 0 Å². The van der Waals surface area contributed by atoms with E-state index in [2.05, 4.69) is 9.55 Å². The number of imidazole rings is 1. The molecular weight excluding hydrogens is 212 g/mol. The van der Waals surface area contributed by atoms with E-state index >= 15 is 0 Å². The van der Waals surface area contributed by atoms with Crippen molar-refractivity contribution in [3.8, 4) is 0 Å². The number of hydrogen-bond donors (Lipinski definition) is 0. The molecule has 3 rings (SSSR count). The van der Waals surface area contributed by atoms with E-state index < -0.39 is 12.5 Å². The van der Waals surface area contributed by atoms with Crippen LogP contribution in [-0.4, -0.2) is 33.5 Å². The van der Waals surface area contributed by atoms with Crippen LogP contribution in [0.15, 0.2) is 6.20 Å². The molecule has 88 valence electrons. The van der Waals surface area contributed by atoms with Gasteiger partial charge in [-0.05, 0) is 12.8 Å². The second kappa shape index (κ2) is 3.80. The molecule has 3 nitrogen and oxygen atoms in total. The molecule has 0 amide bonds. The van der Waals surface area contributed by atoms with E-state index in [9.17, 15) is 8.78 Å². The third-order valence-corrected chi connectivity index (χ3v) is 3.64. The molecule has 2 aliphatic rings. The zero-order valence-corrected chi connectivity index (χ0v) is 9.07. The van der Waals surface area contributed by atoms with E-state index in [0.717, 1.165) is 37.4 Å². The van der Waals surface area contributed by atoms with E-state index in [1.807, 2.05) is 11.1 Å². The fourth-order valence-corrected chi connectivity index (χ4v) is 2.60. The molecule has 0 N–H and O–H groups in total. The predicted octanol–water partition coefficient (Wildman–Crippen LogP) is 1.67. The van der Waals surface area contributed by atoms with Gasteiger partial charge in [-0.15, -0.1) is 0 Å². The Balaban J connectivity index is 1.70. The summed E-state index contributed by atoms with van der Waals surface area (Å²) in [6.45, 7) is 2.41. The molecule has 2 aliphatic heterocycles. The zero-order chi connectivity index (χ0) is 11.1. The minimum absolute atomic E-state index is 0.535. The van der Waals surface area contributed by atoms with Crippen molar-refractivity contribution < 1.29 is 8.78 Å². The van der Waals surface area contributed by atoms with Crippen LogP contribution in [0.4, 0.5) is 8.78 Å². The fourth-order valence-electron chi connectivity index (χ4n) is 2.60. The van der Waals surface area contributed by atoms with Gasteiger partial charge in [0, 0.05) is 32.3 Å². The van der Waals surface area contributed by atoms with Gasteiger partial charge in [-0.25, -0.2) is 13.8 Å². The highest BCUT2D eigenvalue weighted by atomic mass is 19.3. The fraction of sp³-hybridized carbons (Fsp3) is 0.727. The van der Waals surface area contributed by atoms with Crippen molar-refractivity contribution in [1.82, 2.24) is 14.5 Å². The Morgan fingerprint density at radius 3 is 3.00 bits per heavy atom. The molecular formula is C11H15F2N3. The third-order valence-electron chi connectivity index (χ3n) is 3.64. The van der Waals surface area contributed by atoms with E-state index in [0.29, 0.717) is 13.0 Å². The lowest BCUT2D eigenvalue weighted by atomic mass is 10.0. The first-order valence-electron chi connectivity index (χ1n) is 5.81. The number of rotatable bonds is 3. The summed E-state index contributed by atoms with van der Waals surface area (Å²) in [5.74, 6) is 1.11. The number of aromatic nitrogens is 2. The number of aryl methyl sites for hydroxylation is 1. The van der Waals surface area contributed by atoms with Crippen molar-refractivity contribution in [3.05, 3.63) is 17.7 Å². The molecule has 0 saturated carbocycles. The molecule has 1 atom stereocenters. The monoisotopic (exact) mass is 227 g/mol. The van der Waals surface area contributed by atoms with Gasteiger partial charge in [0.2, 0.25) is 0 Å². The summed E-state index contributed by atoms with van der Waals surface area (Å²) in [4.78, 5) is 6.18. The molecule has 3 heterocycles. The van der Waals surface area contributed by atoms with Crippen LogP contribution in [0.5, 0.6) is 0 Å². The SMILES string of the molecule is FC(F)C1CCN1Cc1cnc2n1CCC2. The summed E-state index contributed by atoms with van der Waals surface area (Å²) < 4.78 is 27.3. The first-order valence-corrected chi connectivity index (χ1v) is 5.81. The minimum atomic E-state index is -2.21. The van der Waals surface area contributed by atoms with Gasteiger partial charge in [-0.2, -0.15) is 0 Å². The zero-order valence-electron chi connectivity index (χ0n) is 9.07. The molecule has 1 aromatic heterocycles. The predicted molar refractivity (Wildman–Crippen MR) is 55.4 cm³/mol. The standard InChI is InChI=1S/C11H15F2N3/c12-11(13)9-3-5-15(9)7-8-6-14-10-2-1-4-16(8)10/h6,9,11H,1-5,7H2. The van der Waals surface area contributed by atoms with Gasteiger partial charge in [0.15, 0.2) is 0 Å². The lowest BCUT2D eigenvalue weighted by Crippen LogP contribution is -2.51. The van der Waals surface area contributed by atoms with Gasteiger partial charge in [0.25, 0.3) is 6.43 Å². The van der Waals surface area contributed by atoms with Crippen LogP contribution in [0.1, 0.15) is 24.4 Å². The van der Waals surface area contributed by atoms with Gasteiger partial charge in [0.1, 0.15) is 5.82 Å². The quantitative estimate of drug-likeness (QED) is 0.783. The number of hydrogen-bond acceptors (Lipinski definition) is 2. The Kier molecular flexibility index (Phi) is 2.42. The van der Waals surface area contributed by atoms with Gasteiger partial charge in [-0.3, -0.25) is 4.90 Å². The molecule has 1 unspecified atom stereocenters. The smallest absolute Gasteiger partial charge is 0.253 e. The van der Waals surface area contributed by atoms with Crippen LogP contribution < -0.4 is 0 Å². The minimum Gasteiger partial charge on any atom is -0.331 e. The second-order valence-electron chi connectivity index (χ2n) is 4.58. The Morgan fingerprint density at radius 2 is 2.31 bits per heavy atom. The number of nitrogens with zero attached hydrogens (tertiary/aromatic N) is 3. The average molecular weight is 227 g/mol. The molecule has 5 heteroatoms. The Hall–Kier alpha value is -0.970. The first-order chi connectivity index (χ1) is 7.75. The maximum Gasteiger partial charge on any atom is 0.253 e. The Labute approximate surface area is 93.1 Å². The van der Waals surface area contributed by atoms with Gasteiger partial charge < -0.3 is 4.57 Å². The molecule has 0 bridgehead atoms. The van der Waals surface area contributed by atoms with E-state index in [1.165, 1.54) is 0 Å². The summed E-state index contributed by atoms with van der Waals surface area (Å²) in [6, 6.07) is -0.535. The van der Waals surface area contributed by atoms with Crippen molar-refractivity contribution in [2.24, 2.45) is 0 Å². The topological polar surface area (TPSA) is 21.1 Å². The largest absolute Gasteiger partial charge is 0.331 e. The Bertz CT molecular complexity index is 389. The van der Waals surface area contributed by atoms with Gasteiger partial charge in [-0.1, -0.05) is 0 Å². The van der Waals surface area contributed by atoms with Gasteiger partial charge >= 0.3 is 0 Å². The average Bonchev–Trinajstić information content (AvgIpc) is 2.73. The molecule has 1 aromatic rings. The van der Waals surface area contributed by atoms with Gasteiger partial charge in [0.05, 0.1) is 11.7 Å². The molecule has 1 fully saturated rings. The normalized spacial score (nSPS) is 24.8. The summed E-state index contributed by atoms with van der Waals surface area (Å²) in [7, 11) is 0. The highest BCUT2D eigenvalue weighted by molar-refractivity contribution is 5.09. The van der Waals surface area contributed by atoms with Crippen LogP contribution in [0.2, 0.25) is 0 Å². The first kappa shape index (κ1) is 10.2.